The number of benzene rings is 2. The smallest absolute Gasteiger partial charge is 0.236 e. The molecule has 0 spiro atoms. The summed E-state index contributed by atoms with van der Waals surface area (Å²) in [6.07, 6.45) is 1.10. The van der Waals surface area contributed by atoms with Crippen LogP contribution in [0, 0.1) is 6.92 Å². The Bertz CT molecular complexity index is 853. The van der Waals surface area contributed by atoms with Crippen LogP contribution < -0.4 is 4.72 Å². The van der Waals surface area contributed by atoms with Gasteiger partial charge in [-0.25, -0.2) is 16.8 Å². The van der Waals surface area contributed by atoms with Crippen LogP contribution in [0.3, 0.4) is 0 Å². The van der Waals surface area contributed by atoms with Crippen LogP contribution in [0.5, 0.6) is 0 Å². The van der Waals surface area contributed by atoms with E-state index < -0.39 is 19.9 Å². The van der Waals surface area contributed by atoms with Gasteiger partial charge in [-0.3, -0.25) is 4.72 Å². The number of sulfonamides is 1. The summed E-state index contributed by atoms with van der Waals surface area (Å²) in [4.78, 5) is 0.147. The average Bonchev–Trinajstić information content (AvgIpc) is 2.40. The molecule has 0 radical (unpaired) electrons. The Balaban J connectivity index is 2.13. The monoisotopic (exact) mass is 339 g/mol. The Morgan fingerprint density at radius 3 is 1.91 bits per heavy atom. The van der Waals surface area contributed by atoms with E-state index in [1.165, 1.54) is 24.3 Å². The van der Waals surface area contributed by atoms with E-state index in [1.807, 2.05) is 19.1 Å². The van der Waals surface area contributed by atoms with Gasteiger partial charge >= 0.3 is 0 Å². The summed E-state index contributed by atoms with van der Waals surface area (Å²) in [5.74, 6) is -0.138. The van der Waals surface area contributed by atoms with Gasteiger partial charge in [0.05, 0.1) is 10.6 Å². The molecule has 118 valence electrons. The van der Waals surface area contributed by atoms with Crippen LogP contribution in [0.2, 0.25) is 0 Å². The quantitative estimate of drug-likeness (QED) is 0.907. The maximum atomic E-state index is 12.1. The first kappa shape index (κ1) is 16.5. The second-order valence-electron chi connectivity index (χ2n) is 5.14. The number of aryl methyl sites for hydroxylation is 1. The lowest BCUT2D eigenvalue weighted by atomic mass is 10.2. The number of hydrogen-bond donors (Lipinski definition) is 1. The number of rotatable bonds is 5. The normalized spacial score (nSPS) is 12.1. The van der Waals surface area contributed by atoms with Crippen molar-refractivity contribution in [3.8, 4) is 0 Å². The summed E-state index contributed by atoms with van der Waals surface area (Å²) in [7, 11) is -6.84. The van der Waals surface area contributed by atoms with Gasteiger partial charge < -0.3 is 0 Å². The molecule has 1 N–H and O–H groups in total. The predicted molar refractivity (Wildman–Crippen MR) is 87.0 cm³/mol. The third-order valence-corrected chi connectivity index (χ3v) is 5.42. The van der Waals surface area contributed by atoms with Crippen molar-refractivity contribution < 1.29 is 16.8 Å². The van der Waals surface area contributed by atoms with Crippen molar-refractivity contribution in [2.75, 3.05) is 11.0 Å². The molecule has 0 aromatic heterocycles. The fraction of sp³-hybridized carbons (Fsp3) is 0.200. The van der Waals surface area contributed by atoms with Gasteiger partial charge in [0, 0.05) is 11.9 Å². The van der Waals surface area contributed by atoms with Crippen molar-refractivity contribution in [2.45, 2.75) is 17.6 Å². The fourth-order valence-electron chi connectivity index (χ4n) is 1.89. The van der Waals surface area contributed by atoms with Crippen LogP contribution >= 0.6 is 0 Å². The standard InChI is InChI=1S/C15H17NO4S2/c1-12-3-5-13(6-4-12)11-22(19,20)16-14-7-9-15(10-8-14)21(2,17)18/h3-10,16H,11H2,1-2H3. The highest BCUT2D eigenvalue weighted by atomic mass is 32.2. The molecule has 0 atom stereocenters. The maximum Gasteiger partial charge on any atom is 0.236 e. The summed E-state index contributed by atoms with van der Waals surface area (Å²) >= 11 is 0. The topological polar surface area (TPSA) is 80.3 Å². The average molecular weight is 339 g/mol. The molecule has 0 heterocycles. The Labute approximate surface area is 131 Å². The summed E-state index contributed by atoms with van der Waals surface area (Å²) < 4.78 is 49.4. The molecule has 0 saturated carbocycles. The second kappa shape index (κ2) is 6.10. The summed E-state index contributed by atoms with van der Waals surface area (Å²) in [5, 5.41) is 0. The van der Waals surface area contributed by atoms with E-state index in [4.69, 9.17) is 0 Å². The molecule has 0 amide bonds. The van der Waals surface area contributed by atoms with Crippen molar-refractivity contribution in [1.82, 2.24) is 0 Å². The van der Waals surface area contributed by atoms with Crippen LogP contribution in [0.25, 0.3) is 0 Å². The summed E-state index contributed by atoms with van der Waals surface area (Å²) in [6, 6.07) is 12.9. The summed E-state index contributed by atoms with van der Waals surface area (Å²) in [6.45, 7) is 1.93. The largest absolute Gasteiger partial charge is 0.283 e. The first-order valence-corrected chi connectivity index (χ1v) is 10.1. The molecule has 2 aromatic carbocycles. The minimum absolute atomic E-state index is 0.138. The highest BCUT2D eigenvalue weighted by molar-refractivity contribution is 7.92. The molecule has 0 fully saturated rings. The molecule has 2 aromatic rings. The molecule has 0 aliphatic rings. The van der Waals surface area contributed by atoms with Gasteiger partial charge in [0.15, 0.2) is 9.84 Å². The van der Waals surface area contributed by atoms with E-state index in [9.17, 15) is 16.8 Å². The number of nitrogens with one attached hydrogen (secondary N) is 1. The lowest BCUT2D eigenvalue weighted by Crippen LogP contribution is -2.15. The maximum absolute atomic E-state index is 12.1. The zero-order valence-electron chi connectivity index (χ0n) is 12.3. The third-order valence-electron chi connectivity index (χ3n) is 3.03. The lowest BCUT2D eigenvalue weighted by Gasteiger charge is -2.09. The van der Waals surface area contributed by atoms with Gasteiger partial charge in [-0.05, 0) is 36.8 Å². The fourth-order valence-corrected chi connectivity index (χ4v) is 3.72. The highest BCUT2D eigenvalue weighted by Gasteiger charge is 2.13. The van der Waals surface area contributed by atoms with E-state index in [2.05, 4.69) is 4.72 Å². The first-order chi connectivity index (χ1) is 10.2. The molecule has 22 heavy (non-hydrogen) atoms. The van der Waals surface area contributed by atoms with Crippen LogP contribution in [0.1, 0.15) is 11.1 Å². The molecule has 2 rings (SSSR count). The molecule has 0 saturated heterocycles. The molecular weight excluding hydrogens is 322 g/mol. The van der Waals surface area contributed by atoms with E-state index in [-0.39, 0.29) is 10.6 Å². The van der Waals surface area contributed by atoms with Crippen LogP contribution in [-0.4, -0.2) is 23.1 Å². The van der Waals surface area contributed by atoms with Crippen molar-refractivity contribution in [1.29, 1.82) is 0 Å². The number of anilines is 1. The zero-order valence-corrected chi connectivity index (χ0v) is 13.9. The van der Waals surface area contributed by atoms with Gasteiger partial charge in [-0.15, -0.1) is 0 Å². The Morgan fingerprint density at radius 2 is 1.41 bits per heavy atom. The van der Waals surface area contributed by atoms with Gasteiger partial charge in [0.1, 0.15) is 0 Å². The number of hydrogen-bond acceptors (Lipinski definition) is 4. The number of sulfone groups is 1. The summed E-state index contributed by atoms with van der Waals surface area (Å²) in [5.41, 5.74) is 2.08. The molecule has 5 nitrogen and oxygen atoms in total. The molecule has 0 aliphatic heterocycles. The van der Waals surface area contributed by atoms with E-state index in [0.29, 0.717) is 11.3 Å². The minimum atomic E-state index is -3.55. The van der Waals surface area contributed by atoms with Crippen molar-refractivity contribution in [3.63, 3.8) is 0 Å². The van der Waals surface area contributed by atoms with E-state index in [0.717, 1.165) is 11.8 Å². The SMILES string of the molecule is Cc1ccc(CS(=O)(=O)Nc2ccc(S(C)(=O)=O)cc2)cc1. The predicted octanol–water partition coefficient (Wildman–Crippen LogP) is 2.34. The molecular formula is C15H17NO4S2. The Morgan fingerprint density at radius 1 is 0.864 bits per heavy atom. The van der Waals surface area contributed by atoms with Gasteiger partial charge in [-0.2, -0.15) is 0 Å². The van der Waals surface area contributed by atoms with Gasteiger partial charge in [-0.1, -0.05) is 29.8 Å². The van der Waals surface area contributed by atoms with Crippen LogP contribution in [-0.2, 0) is 25.6 Å². The molecule has 0 bridgehead atoms. The van der Waals surface area contributed by atoms with Crippen molar-refractivity contribution in [2.24, 2.45) is 0 Å². The third kappa shape index (κ3) is 4.57. The van der Waals surface area contributed by atoms with E-state index >= 15 is 0 Å². The Kier molecular flexibility index (Phi) is 4.58. The minimum Gasteiger partial charge on any atom is -0.283 e. The van der Waals surface area contributed by atoms with Gasteiger partial charge in [0.2, 0.25) is 10.0 Å². The van der Waals surface area contributed by atoms with E-state index in [1.54, 1.807) is 12.1 Å². The molecule has 0 aliphatic carbocycles. The van der Waals surface area contributed by atoms with Crippen LogP contribution in [0.4, 0.5) is 5.69 Å². The first-order valence-electron chi connectivity index (χ1n) is 6.52. The van der Waals surface area contributed by atoms with Crippen LogP contribution in [0.15, 0.2) is 53.4 Å². The van der Waals surface area contributed by atoms with Crippen molar-refractivity contribution in [3.05, 3.63) is 59.7 Å². The van der Waals surface area contributed by atoms with Gasteiger partial charge in [0.25, 0.3) is 0 Å². The Hall–Kier alpha value is -1.86. The zero-order chi connectivity index (χ0) is 16.4. The van der Waals surface area contributed by atoms with Crippen molar-refractivity contribution >= 4 is 25.5 Å². The molecule has 0 unspecified atom stereocenters. The lowest BCUT2D eigenvalue weighted by molar-refractivity contribution is 0.599. The molecule has 7 heteroatoms. The second-order valence-corrected chi connectivity index (χ2v) is 8.88. The highest BCUT2D eigenvalue weighted by Crippen LogP contribution is 2.16.